The van der Waals surface area contributed by atoms with Gasteiger partial charge in [-0.25, -0.2) is 0 Å². The number of carboxylic acids is 1. The van der Waals surface area contributed by atoms with Gasteiger partial charge in [0.05, 0.1) is 11.1 Å². The summed E-state index contributed by atoms with van der Waals surface area (Å²) in [6.07, 6.45) is 0. The molecule has 2 rings (SSSR count). The Morgan fingerprint density at radius 3 is 2.40 bits per heavy atom. The zero-order chi connectivity index (χ0) is 14.4. The molecule has 1 atom stereocenters. The van der Waals surface area contributed by atoms with Crippen molar-refractivity contribution in [3.8, 4) is 0 Å². The molecule has 4 heteroatoms. The lowest BCUT2D eigenvalue weighted by molar-refractivity contribution is -0.133. The van der Waals surface area contributed by atoms with E-state index in [4.69, 9.17) is 5.11 Å². The monoisotopic (exact) mass is 287 g/mol. The number of carbonyl (C=O) groups is 1. The molecule has 104 valence electrons. The van der Waals surface area contributed by atoms with Gasteiger partial charge in [0.1, 0.15) is 0 Å². The standard InChI is InChI=1S/C16H17NO2S/c1-12-7-9-14(10-8-12)17-16(20-11-15(18)19)13-5-3-2-4-6-13/h2-10,16-17H,11H2,1H3,(H,18,19)/t16-/m0/s1. The highest BCUT2D eigenvalue weighted by molar-refractivity contribution is 8.00. The number of benzene rings is 2. The molecule has 0 saturated heterocycles. The number of thioether (sulfide) groups is 1. The van der Waals surface area contributed by atoms with E-state index in [0.717, 1.165) is 11.3 Å². The van der Waals surface area contributed by atoms with Crippen LogP contribution in [0.15, 0.2) is 54.6 Å². The highest BCUT2D eigenvalue weighted by atomic mass is 32.2. The Morgan fingerprint density at radius 1 is 1.15 bits per heavy atom. The number of hydrogen-bond acceptors (Lipinski definition) is 3. The van der Waals surface area contributed by atoms with Gasteiger partial charge in [-0.05, 0) is 24.6 Å². The maximum Gasteiger partial charge on any atom is 0.313 e. The van der Waals surface area contributed by atoms with Crippen LogP contribution < -0.4 is 5.32 Å². The fourth-order valence-electron chi connectivity index (χ4n) is 1.80. The predicted octanol–water partition coefficient (Wildman–Crippen LogP) is 3.92. The van der Waals surface area contributed by atoms with E-state index in [1.54, 1.807) is 0 Å². The molecule has 0 saturated carbocycles. The summed E-state index contributed by atoms with van der Waals surface area (Å²) < 4.78 is 0. The molecule has 3 nitrogen and oxygen atoms in total. The van der Waals surface area contributed by atoms with Crippen molar-refractivity contribution in [1.82, 2.24) is 0 Å². The second-order valence-electron chi connectivity index (χ2n) is 4.51. The Morgan fingerprint density at radius 2 is 1.80 bits per heavy atom. The average molecular weight is 287 g/mol. The molecule has 2 aromatic rings. The molecule has 0 heterocycles. The van der Waals surface area contributed by atoms with Crippen molar-refractivity contribution < 1.29 is 9.90 Å². The molecule has 0 bridgehead atoms. The van der Waals surface area contributed by atoms with E-state index < -0.39 is 5.97 Å². The van der Waals surface area contributed by atoms with Gasteiger partial charge in [-0.1, -0.05) is 48.0 Å². The quantitative estimate of drug-likeness (QED) is 0.791. The van der Waals surface area contributed by atoms with Crippen molar-refractivity contribution in [1.29, 1.82) is 0 Å². The summed E-state index contributed by atoms with van der Waals surface area (Å²) in [6.45, 7) is 2.04. The third kappa shape index (κ3) is 4.31. The van der Waals surface area contributed by atoms with Crippen LogP contribution in [0.5, 0.6) is 0 Å². The van der Waals surface area contributed by atoms with Crippen LogP contribution in [0.2, 0.25) is 0 Å². The molecule has 0 aromatic heterocycles. The van der Waals surface area contributed by atoms with Crippen molar-refractivity contribution >= 4 is 23.4 Å². The number of anilines is 1. The molecule has 2 aromatic carbocycles. The first-order valence-electron chi connectivity index (χ1n) is 6.37. The Hall–Kier alpha value is -1.94. The van der Waals surface area contributed by atoms with Crippen LogP contribution in [-0.2, 0) is 4.79 Å². The maximum absolute atomic E-state index is 10.8. The first kappa shape index (κ1) is 14.5. The van der Waals surface area contributed by atoms with E-state index in [0.29, 0.717) is 0 Å². The topological polar surface area (TPSA) is 49.3 Å². The minimum absolute atomic E-state index is 0.0679. The predicted molar refractivity (Wildman–Crippen MR) is 84.1 cm³/mol. The maximum atomic E-state index is 10.8. The summed E-state index contributed by atoms with van der Waals surface area (Å²) in [5, 5.41) is 12.2. The van der Waals surface area contributed by atoms with Crippen LogP contribution in [0.1, 0.15) is 16.5 Å². The summed E-state index contributed by atoms with van der Waals surface area (Å²) in [5.74, 6) is -0.736. The van der Waals surface area contributed by atoms with E-state index in [9.17, 15) is 4.79 Å². The normalized spacial score (nSPS) is 11.8. The van der Waals surface area contributed by atoms with Crippen molar-refractivity contribution in [3.05, 3.63) is 65.7 Å². The fraction of sp³-hybridized carbons (Fsp3) is 0.188. The van der Waals surface area contributed by atoms with Gasteiger partial charge in [0.15, 0.2) is 0 Å². The Bertz CT molecular complexity index is 554. The van der Waals surface area contributed by atoms with Gasteiger partial charge in [0.25, 0.3) is 0 Å². The summed E-state index contributed by atoms with van der Waals surface area (Å²) in [7, 11) is 0. The fourth-order valence-corrected chi connectivity index (χ4v) is 2.68. The molecular formula is C16H17NO2S. The minimum Gasteiger partial charge on any atom is -0.481 e. The third-order valence-electron chi connectivity index (χ3n) is 2.83. The van der Waals surface area contributed by atoms with E-state index >= 15 is 0 Å². The van der Waals surface area contributed by atoms with Crippen LogP contribution in [-0.4, -0.2) is 16.8 Å². The summed E-state index contributed by atoms with van der Waals surface area (Å²) in [6, 6.07) is 18.0. The van der Waals surface area contributed by atoms with E-state index in [2.05, 4.69) is 5.32 Å². The highest BCUT2D eigenvalue weighted by Gasteiger charge is 2.13. The lowest BCUT2D eigenvalue weighted by Crippen LogP contribution is -2.10. The van der Waals surface area contributed by atoms with Crippen molar-refractivity contribution in [3.63, 3.8) is 0 Å². The summed E-state index contributed by atoms with van der Waals surface area (Å²) >= 11 is 1.37. The SMILES string of the molecule is Cc1ccc(N[C@@H](SCC(=O)O)c2ccccc2)cc1. The molecule has 20 heavy (non-hydrogen) atoms. The van der Waals surface area contributed by atoms with Crippen LogP contribution >= 0.6 is 11.8 Å². The first-order chi connectivity index (χ1) is 9.65. The second-order valence-corrected chi connectivity index (χ2v) is 5.60. The Balaban J connectivity index is 2.13. The molecular weight excluding hydrogens is 270 g/mol. The summed E-state index contributed by atoms with van der Waals surface area (Å²) in [4.78, 5) is 10.8. The largest absolute Gasteiger partial charge is 0.481 e. The van der Waals surface area contributed by atoms with Gasteiger partial charge < -0.3 is 10.4 Å². The lowest BCUT2D eigenvalue weighted by Gasteiger charge is -2.19. The molecule has 0 fully saturated rings. The van der Waals surface area contributed by atoms with Gasteiger partial charge in [0.2, 0.25) is 0 Å². The lowest BCUT2D eigenvalue weighted by atomic mass is 10.2. The van der Waals surface area contributed by atoms with Gasteiger partial charge >= 0.3 is 5.97 Å². The van der Waals surface area contributed by atoms with E-state index in [1.807, 2.05) is 61.5 Å². The Kier molecular flexibility index (Phi) is 5.07. The first-order valence-corrected chi connectivity index (χ1v) is 7.41. The highest BCUT2D eigenvalue weighted by Crippen LogP contribution is 2.30. The number of carboxylic acid groups (broad SMARTS) is 1. The molecule has 0 aliphatic heterocycles. The zero-order valence-corrected chi connectivity index (χ0v) is 12.1. The van der Waals surface area contributed by atoms with Gasteiger partial charge in [-0.3, -0.25) is 4.79 Å². The van der Waals surface area contributed by atoms with Crippen LogP contribution in [0, 0.1) is 6.92 Å². The number of aryl methyl sites for hydroxylation is 1. The van der Waals surface area contributed by atoms with Gasteiger partial charge in [-0.2, -0.15) is 0 Å². The van der Waals surface area contributed by atoms with E-state index in [1.165, 1.54) is 17.3 Å². The third-order valence-corrected chi connectivity index (χ3v) is 3.96. The number of rotatable bonds is 6. The molecule has 0 amide bonds. The van der Waals surface area contributed by atoms with E-state index in [-0.39, 0.29) is 11.1 Å². The molecule has 2 N–H and O–H groups in total. The average Bonchev–Trinajstić information content (AvgIpc) is 2.46. The van der Waals surface area contributed by atoms with Gasteiger partial charge in [0, 0.05) is 5.69 Å². The molecule has 0 aliphatic rings. The smallest absolute Gasteiger partial charge is 0.313 e. The Labute approximate surface area is 123 Å². The van der Waals surface area contributed by atoms with Crippen molar-refractivity contribution in [2.24, 2.45) is 0 Å². The molecule has 0 radical (unpaired) electrons. The van der Waals surface area contributed by atoms with Crippen molar-refractivity contribution in [2.45, 2.75) is 12.3 Å². The second kappa shape index (κ2) is 7.01. The molecule has 0 aliphatic carbocycles. The number of hydrogen-bond donors (Lipinski definition) is 2. The van der Waals surface area contributed by atoms with Crippen LogP contribution in [0.25, 0.3) is 0 Å². The summed E-state index contributed by atoms with van der Waals surface area (Å²) in [5.41, 5.74) is 3.26. The van der Waals surface area contributed by atoms with Crippen LogP contribution in [0.3, 0.4) is 0 Å². The number of nitrogens with one attached hydrogen (secondary N) is 1. The minimum atomic E-state index is -0.804. The molecule has 0 spiro atoms. The number of aliphatic carboxylic acids is 1. The van der Waals surface area contributed by atoms with Crippen LogP contribution in [0.4, 0.5) is 5.69 Å². The molecule has 0 unspecified atom stereocenters. The van der Waals surface area contributed by atoms with Crippen molar-refractivity contribution in [2.75, 3.05) is 11.1 Å². The van der Waals surface area contributed by atoms with Gasteiger partial charge in [-0.15, -0.1) is 11.8 Å². The zero-order valence-electron chi connectivity index (χ0n) is 11.2.